The van der Waals surface area contributed by atoms with Crippen LogP contribution in [0.3, 0.4) is 0 Å². The molecule has 1 aromatic heterocycles. The molecule has 2 amide bonds. The van der Waals surface area contributed by atoms with Crippen molar-refractivity contribution >= 4 is 17.4 Å². The van der Waals surface area contributed by atoms with E-state index in [1.807, 2.05) is 17.5 Å². The summed E-state index contributed by atoms with van der Waals surface area (Å²) in [7, 11) is 0. The molecule has 1 heterocycles. The number of amides is 2. The summed E-state index contributed by atoms with van der Waals surface area (Å²) in [5, 5.41) is 17.2. The van der Waals surface area contributed by atoms with Crippen molar-refractivity contribution in [2.24, 2.45) is 5.92 Å². The maximum absolute atomic E-state index is 11.6. The number of aliphatic hydroxyl groups is 1. The first-order valence-electron chi connectivity index (χ1n) is 8.01. The maximum Gasteiger partial charge on any atom is 0.314 e. The Kier molecular flexibility index (Phi) is 7.15. The number of hydrogen-bond acceptors (Lipinski definition) is 4. The number of urea groups is 1. The average molecular weight is 326 g/mol. The Balaban J connectivity index is 1.54. The molecule has 1 saturated carbocycles. The van der Waals surface area contributed by atoms with Gasteiger partial charge in [0.25, 0.3) is 0 Å². The summed E-state index contributed by atoms with van der Waals surface area (Å²) in [4.78, 5) is 12.5. The summed E-state index contributed by atoms with van der Waals surface area (Å²) >= 11 is 1.48. The van der Waals surface area contributed by atoms with Gasteiger partial charge in [0.1, 0.15) is 6.10 Å². The van der Waals surface area contributed by atoms with E-state index in [1.54, 1.807) is 0 Å². The van der Waals surface area contributed by atoms with Crippen LogP contribution in [0.15, 0.2) is 17.5 Å². The Bertz CT molecular complexity index is 439. The molecule has 22 heavy (non-hydrogen) atoms. The standard InChI is InChI=1S/C16H26N2O3S/c1-12-5-2-3-6-14(12)21-9-8-17-16(20)18-11-13(19)15-7-4-10-22-15/h4,7,10,12-14,19H,2-3,5-6,8-9,11H2,1H3,(H2,17,18,20)/t12-,13+,14-/m1/s1. The number of rotatable bonds is 7. The first-order valence-corrected chi connectivity index (χ1v) is 8.89. The fourth-order valence-electron chi connectivity index (χ4n) is 2.74. The first-order chi connectivity index (χ1) is 10.7. The third-order valence-corrected chi connectivity index (χ3v) is 5.05. The SMILES string of the molecule is C[C@@H]1CCCC[C@H]1OCCNC(=O)NC[C@H](O)c1cccs1. The van der Waals surface area contributed by atoms with Crippen molar-refractivity contribution < 1.29 is 14.6 Å². The van der Waals surface area contributed by atoms with Crippen LogP contribution in [0.2, 0.25) is 0 Å². The van der Waals surface area contributed by atoms with Gasteiger partial charge in [-0.25, -0.2) is 4.79 Å². The lowest BCUT2D eigenvalue weighted by Gasteiger charge is -2.28. The number of hydrogen-bond donors (Lipinski definition) is 3. The van der Waals surface area contributed by atoms with E-state index in [2.05, 4.69) is 17.6 Å². The van der Waals surface area contributed by atoms with Crippen molar-refractivity contribution in [1.29, 1.82) is 0 Å². The maximum atomic E-state index is 11.6. The van der Waals surface area contributed by atoms with Crippen molar-refractivity contribution in [3.8, 4) is 0 Å². The zero-order chi connectivity index (χ0) is 15.8. The van der Waals surface area contributed by atoms with Crippen molar-refractivity contribution in [2.45, 2.75) is 44.8 Å². The summed E-state index contributed by atoms with van der Waals surface area (Å²) in [6.45, 7) is 3.48. The van der Waals surface area contributed by atoms with Gasteiger partial charge in [0.15, 0.2) is 0 Å². The van der Waals surface area contributed by atoms with Crippen LogP contribution in [-0.2, 0) is 4.74 Å². The Labute approximate surface area is 136 Å². The molecule has 1 aromatic rings. The Morgan fingerprint density at radius 2 is 2.27 bits per heavy atom. The van der Waals surface area contributed by atoms with Gasteiger partial charge in [0, 0.05) is 11.4 Å². The highest BCUT2D eigenvalue weighted by Crippen LogP contribution is 2.25. The lowest BCUT2D eigenvalue weighted by molar-refractivity contribution is -0.00244. The minimum atomic E-state index is -0.648. The van der Waals surface area contributed by atoms with Crippen LogP contribution in [0.5, 0.6) is 0 Å². The molecular formula is C16H26N2O3S. The predicted octanol–water partition coefficient (Wildman–Crippen LogP) is 2.68. The lowest BCUT2D eigenvalue weighted by atomic mass is 9.88. The summed E-state index contributed by atoms with van der Waals surface area (Å²) in [5.41, 5.74) is 0. The number of carbonyl (C=O) groups excluding carboxylic acids is 1. The zero-order valence-corrected chi connectivity index (χ0v) is 13.9. The number of nitrogens with one attached hydrogen (secondary N) is 2. The van der Waals surface area contributed by atoms with E-state index in [0.29, 0.717) is 25.2 Å². The van der Waals surface area contributed by atoms with Crippen molar-refractivity contribution in [3.63, 3.8) is 0 Å². The highest BCUT2D eigenvalue weighted by molar-refractivity contribution is 7.10. The number of ether oxygens (including phenoxy) is 1. The molecule has 0 spiro atoms. The summed E-state index contributed by atoms with van der Waals surface area (Å²) in [6.07, 6.45) is 4.58. The molecule has 3 atom stereocenters. The zero-order valence-electron chi connectivity index (χ0n) is 13.1. The van der Waals surface area contributed by atoms with E-state index in [9.17, 15) is 9.90 Å². The average Bonchev–Trinajstić information content (AvgIpc) is 3.05. The molecule has 0 aromatic carbocycles. The quantitative estimate of drug-likeness (QED) is 0.675. The predicted molar refractivity (Wildman–Crippen MR) is 88.1 cm³/mol. The minimum Gasteiger partial charge on any atom is -0.386 e. The van der Waals surface area contributed by atoms with Gasteiger partial charge in [0.05, 0.1) is 19.3 Å². The monoisotopic (exact) mass is 326 g/mol. The molecule has 2 rings (SSSR count). The first kappa shape index (κ1) is 17.2. The fraction of sp³-hybridized carbons (Fsp3) is 0.688. The van der Waals surface area contributed by atoms with Crippen LogP contribution in [0.25, 0.3) is 0 Å². The van der Waals surface area contributed by atoms with Crippen molar-refractivity contribution in [3.05, 3.63) is 22.4 Å². The molecule has 3 N–H and O–H groups in total. The van der Waals surface area contributed by atoms with E-state index in [1.165, 1.54) is 30.6 Å². The third kappa shape index (κ3) is 5.59. The highest BCUT2D eigenvalue weighted by atomic mass is 32.1. The highest BCUT2D eigenvalue weighted by Gasteiger charge is 2.21. The van der Waals surface area contributed by atoms with Crippen LogP contribution in [-0.4, -0.2) is 36.9 Å². The molecule has 0 saturated heterocycles. The Morgan fingerprint density at radius 1 is 1.45 bits per heavy atom. The molecule has 124 valence electrons. The van der Waals surface area contributed by atoms with Crippen molar-refractivity contribution in [1.82, 2.24) is 10.6 Å². The summed E-state index contributed by atoms with van der Waals surface area (Å²) in [6, 6.07) is 3.47. The van der Waals surface area contributed by atoms with Gasteiger partial charge in [-0.05, 0) is 30.2 Å². The molecule has 0 radical (unpaired) electrons. The molecule has 0 aliphatic heterocycles. The second kappa shape index (κ2) is 9.12. The fourth-order valence-corrected chi connectivity index (χ4v) is 3.45. The van der Waals surface area contributed by atoms with E-state index < -0.39 is 6.10 Å². The molecule has 0 bridgehead atoms. The van der Waals surface area contributed by atoms with Crippen molar-refractivity contribution in [2.75, 3.05) is 19.7 Å². The van der Waals surface area contributed by atoms with Crippen LogP contribution < -0.4 is 10.6 Å². The third-order valence-electron chi connectivity index (χ3n) is 4.08. The van der Waals surface area contributed by atoms with Gasteiger partial charge in [-0.2, -0.15) is 0 Å². The normalized spacial score (nSPS) is 23.0. The second-order valence-electron chi connectivity index (χ2n) is 5.84. The van der Waals surface area contributed by atoms with E-state index in [-0.39, 0.29) is 12.6 Å². The number of carbonyl (C=O) groups is 1. The smallest absolute Gasteiger partial charge is 0.314 e. The lowest BCUT2D eigenvalue weighted by Crippen LogP contribution is -2.40. The van der Waals surface area contributed by atoms with Gasteiger partial charge < -0.3 is 20.5 Å². The van der Waals surface area contributed by atoms with Gasteiger partial charge in [-0.3, -0.25) is 0 Å². The molecular weight excluding hydrogens is 300 g/mol. The van der Waals surface area contributed by atoms with E-state index in [0.717, 1.165) is 11.3 Å². The molecule has 1 aliphatic rings. The number of thiophene rings is 1. The molecule has 6 heteroatoms. The van der Waals surface area contributed by atoms with Crippen LogP contribution in [0.1, 0.15) is 43.6 Å². The molecule has 1 aliphatic carbocycles. The molecule has 1 fully saturated rings. The summed E-state index contributed by atoms with van der Waals surface area (Å²) in [5.74, 6) is 0.614. The molecule has 0 unspecified atom stereocenters. The van der Waals surface area contributed by atoms with Crippen LogP contribution in [0.4, 0.5) is 4.79 Å². The Morgan fingerprint density at radius 3 is 3.00 bits per heavy atom. The van der Waals surface area contributed by atoms with Gasteiger partial charge in [-0.1, -0.05) is 25.8 Å². The van der Waals surface area contributed by atoms with Crippen LogP contribution >= 0.6 is 11.3 Å². The van der Waals surface area contributed by atoms with Gasteiger partial charge in [-0.15, -0.1) is 11.3 Å². The second-order valence-corrected chi connectivity index (χ2v) is 6.82. The van der Waals surface area contributed by atoms with E-state index >= 15 is 0 Å². The Hall–Kier alpha value is -1.11. The topological polar surface area (TPSA) is 70.6 Å². The minimum absolute atomic E-state index is 0.215. The number of aliphatic hydroxyl groups excluding tert-OH is 1. The summed E-state index contributed by atoms with van der Waals surface area (Å²) < 4.78 is 5.84. The van der Waals surface area contributed by atoms with Gasteiger partial charge in [0.2, 0.25) is 0 Å². The molecule has 5 nitrogen and oxygen atoms in total. The van der Waals surface area contributed by atoms with Crippen LogP contribution in [0, 0.1) is 5.92 Å². The van der Waals surface area contributed by atoms with Gasteiger partial charge >= 0.3 is 6.03 Å². The van der Waals surface area contributed by atoms with E-state index in [4.69, 9.17) is 4.74 Å². The largest absolute Gasteiger partial charge is 0.386 e.